The highest BCUT2D eigenvalue weighted by atomic mass is 35.5. The molecule has 2 atom stereocenters. The summed E-state index contributed by atoms with van der Waals surface area (Å²) in [6.45, 7) is 3.76. The fraction of sp³-hybridized carbons (Fsp3) is 0.269. The van der Waals surface area contributed by atoms with E-state index in [0.717, 1.165) is 42.0 Å². The molecule has 2 aliphatic rings. The van der Waals surface area contributed by atoms with Crippen LogP contribution in [0.5, 0.6) is 0 Å². The Morgan fingerprint density at radius 2 is 1.47 bits per heavy atom. The van der Waals surface area contributed by atoms with Crippen LogP contribution in [0.25, 0.3) is 21.5 Å². The van der Waals surface area contributed by atoms with Gasteiger partial charge in [-0.15, -0.1) is 0 Å². The molecule has 2 bridgehead atoms. The van der Waals surface area contributed by atoms with E-state index in [1.807, 2.05) is 10.6 Å². The smallest absolute Gasteiger partial charge is 0.250 e. The van der Waals surface area contributed by atoms with E-state index in [-0.39, 0.29) is 5.56 Å². The van der Waals surface area contributed by atoms with E-state index in [0.29, 0.717) is 11.8 Å². The van der Waals surface area contributed by atoms with Gasteiger partial charge >= 0.3 is 0 Å². The van der Waals surface area contributed by atoms with Gasteiger partial charge in [0.25, 0.3) is 5.56 Å². The third-order valence-electron chi connectivity index (χ3n) is 6.91. The molecule has 1 fully saturated rings. The van der Waals surface area contributed by atoms with Gasteiger partial charge in [0.05, 0.1) is 5.02 Å². The molecule has 3 aromatic carbocycles. The molecule has 0 N–H and O–H groups in total. The van der Waals surface area contributed by atoms with Crippen molar-refractivity contribution in [2.24, 2.45) is 5.92 Å². The van der Waals surface area contributed by atoms with E-state index >= 15 is 0 Å². The van der Waals surface area contributed by atoms with Crippen LogP contribution in [0.3, 0.4) is 0 Å². The van der Waals surface area contributed by atoms with Gasteiger partial charge in [-0.2, -0.15) is 0 Å². The minimum Gasteiger partial charge on any atom is -0.312 e. The summed E-state index contributed by atoms with van der Waals surface area (Å²) in [6, 6.07) is 22.7. The minimum atomic E-state index is 0.144. The summed E-state index contributed by atoms with van der Waals surface area (Å²) in [5.74, 6) is 0.956. The van der Waals surface area contributed by atoms with Crippen molar-refractivity contribution >= 4 is 33.1 Å². The normalized spacial score (nSPS) is 21.1. The van der Waals surface area contributed by atoms with Gasteiger partial charge in [-0.25, -0.2) is 0 Å². The number of aromatic nitrogens is 1. The number of hydrogen-bond acceptors (Lipinski definition) is 2. The van der Waals surface area contributed by atoms with E-state index in [2.05, 4.69) is 59.5 Å². The van der Waals surface area contributed by atoms with Crippen molar-refractivity contribution in [3.63, 3.8) is 0 Å². The Kier molecular flexibility index (Phi) is 4.22. The number of halogens is 1. The zero-order valence-corrected chi connectivity index (χ0v) is 17.5. The van der Waals surface area contributed by atoms with Crippen LogP contribution in [0, 0.1) is 5.92 Å². The number of piperidine rings is 1. The van der Waals surface area contributed by atoms with Gasteiger partial charge in [-0.1, -0.05) is 66.2 Å². The van der Waals surface area contributed by atoms with Gasteiger partial charge in [-0.3, -0.25) is 9.69 Å². The van der Waals surface area contributed by atoms with Crippen LogP contribution >= 0.6 is 11.6 Å². The quantitative estimate of drug-likeness (QED) is 0.409. The average molecular weight is 415 g/mol. The Hall–Kier alpha value is -2.62. The lowest BCUT2D eigenvalue weighted by molar-refractivity contribution is 0.115. The summed E-state index contributed by atoms with van der Waals surface area (Å²) in [5.41, 5.74) is 2.70. The van der Waals surface area contributed by atoms with Crippen molar-refractivity contribution in [3.05, 3.63) is 93.4 Å². The van der Waals surface area contributed by atoms with Crippen LogP contribution in [0.2, 0.25) is 5.02 Å². The Labute approximate surface area is 180 Å². The fourth-order valence-corrected chi connectivity index (χ4v) is 6.01. The summed E-state index contributed by atoms with van der Waals surface area (Å²) >= 11 is 6.79. The van der Waals surface area contributed by atoms with E-state index < -0.39 is 0 Å². The summed E-state index contributed by atoms with van der Waals surface area (Å²) in [6.07, 6.45) is 1.18. The third kappa shape index (κ3) is 2.80. The Bertz CT molecular complexity index is 1290. The first kappa shape index (κ1) is 18.2. The van der Waals surface area contributed by atoms with Crippen molar-refractivity contribution in [3.8, 4) is 0 Å². The Morgan fingerprint density at radius 3 is 2.17 bits per heavy atom. The molecule has 150 valence electrons. The van der Waals surface area contributed by atoms with Crippen LogP contribution in [-0.4, -0.2) is 22.6 Å². The Balaban J connectivity index is 1.43. The van der Waals surface area contributed by atoms with Crippen LogP contribution in [-0.2, 0) is 13.1 Å². The molecule has 0 spiro atoms. The predicted molar refractivity (Wildman–Crippen MR) is 123 cm³/mol. The zero-order chi connectivity index (χ0) is 20.2. The standard InChI is InChI=1S/C26H23ClN2O/c27-26-21-8-3-1-6-19(21)23(20-7-2-4-9-22(20)26)16-28-13-17-12-18(15-28)24-10-5-11-25(30)29(24)14-17/h1-11,17-18H,12-16H2/t17-,18-/m1/s1. The molecule has 0 radical (unpaired) electrons. The van der Waals surface area contributed by atoms with E-state index in [1.165, 1.54) is 28.5 Å². The van der Waals surface area contributed by atoms with Crippen LogP contribution in [0.4, 0.5) is 0 Å². The monoisotopic (exact) mass is 414 g/mol. The van der Waals surface area contributed by atoms with Crippen LogP contribution in [0.1, 0.15) is 23.6 Å². The predicted octanol–water partition coefficient (Wildman–Crippen LogP) is 5.43. The molecule has 30 heavy (non-hydrogen) atoms. The largest absolute Gasteiger partial charge is 0.312 e. The average Bonchev–Trinajstić information content (AvgIpc) is 2.77. The van der Waals surface area contributed by atoms with Crippen molar-refractivity contribution < 1.29 is 0 Å². The molecule has 0 amide bonds. The van der Waals surface area contributed by atoms with E-state index in [4.69, 9.17) is 11.6 Å². The molecule has 0 unspecified atom stereocenters. The fourth-order valence-electron chi connectivity index (χ4n) is 5.68. The van der Waals surface area contributed by atoms with Gasteiger partial charge in [0.2, 0.25) is 0 Å². The lowest BCUT2D eigenvalue weighted by atomic mass is 9.82. The number of pyridine rings is 1. The SMILES string of the molecule is O=c1cccc2n1C[C@@H]1C[C@@H]2CN(Cc2c3ccccc3c(Cl)c3ccccc23)C1. The Morgan fingerprint density at radius 1 is 0.800 bits per heavy atom. The molecular weight excluding hydrogens is 392 g/mol. The van der Waals surface area contributed by atoms with Gasteiger partial charge in [-0.05, 0) is 34.7 Å². The van der Waals surface area contributed by atoms with Crippen molar-refractivity contribution in [2.45, 2.75) is 25.4 Å². The highest BCUT2D eigenvalue weighted by Gasteiger charge is 2.34. The second-order valence-corrected chi connectivity index (χ2v) is 9.15. The maximum Gasteiger partial charge on any atom is 0.250 e. The lowest BCUT2D eigenvalue weighted by Crippen LogP contribution is -2.46. The number of hydrogen-bond donors (Lipinski definition) is 0. The number of nitrogens with zero attached hydrogens (tertiary/aromatic N) is 2. The molecule has 6 rings (SSSR count). The molecule has 3 heterocycles. The van der Waals surface area contributed by atoms with Gasteiger partial charge < -0.3 is 4.57 Å². The molecule has 4 aromatic rings. The first-order valence-corrected chi connectivity index (χ1v) is 11.1. The van der Waals surface area contributed by atoms with Crippen molar-refractivity contribution in [2.75, 3.05) is 13.1 Å². The summed E-state index contributed by atoms with van der Waals surface area (Å²) in [7, 11) is 0. The number of rotatable bonds is 2. The van der Waals surface area contributed by atoms with Gasteiger partial charge in [0.15, 0.2) is 0 Å². The number of fused-ring (bicyclic) bond motifs is 6. The maximum absolute atomic E-state index is 12.3. The first-order chi connectivity index (χ1) is 14.7. The van der Waals surface area contributed by atoms with Crippen molar-refractivity contribution in [1.82, 2.24) is 9.47 Å². The molecule has 4 heteroatoms. The number of benzene rings is 3. The summed E-state index contributed by atoms with van der Waals surface area (Å²) in [5, 5.41) is 5.58. The summed E-state index contributed by atoms with van der Waals surface area (Å²) in [4.78, 5) is 14.9. The number of likely N-dealkylation sites (tertiary alicyclic amines) is 1. The molecule has 1 saturated heterocycles. The second-order valence-electron chi connectivity index (χ2n) is 8.78. The van der Waals surface area contributed by atoms with E-state index in [9.17, 15) is 4.79 Å². The molecule has 1 aromatic heterocycles. The molecule has 3 nitrogen and oxygen atoms in total. The van der Waals surface area contributed by atoms with E-state index in [1.54, 1.807) is 6.07 Å². The van der Waals surface area contributed by atoms with Crippen molar-refractivity contribution in [1.29, 1.82) is 0 Å². The highest BCUT2D eigenvalue weighted by molar-refractivity contribution is 6.41. The molecule has 2 aliphatic heterocycles. The lowest BCUT2D eigenvalue weighted by Gasteiger charge is -2.43. The highest BCUT2D eigenvalue weighted by Crippen LogP contribution is 2.39. The van der Waals surface area contributed by atoms with Crippen LogP contribution < -0.4 is 5.56 Å². The molecule has 0 aliphatic carbocycles. The summed E-state index contributed by atoms with van der Waals surface area (Å²) < 4.78 is 2.00. The molecule has 0 saturated carbocycles. The maximum atomic E-state index is 12.3. The third-order valence-corrected chi connectivity index (χ3v) is 7.32. The first-order valence-electron chi connectivity index (χ1n) is 10.7. The van der Waals surface area contributed by atoms with Crippen LogP contribution in [0.15, 0.2) is 71.5 Å². The minimum absolute atomic E-state index is 0.144. The topological polar surface area (TPSA) is 25.2 Å². The molecular formula is C26H23ClN2O. The van der Waals surface area contributed by atoms with Gasteiger partial charge in [0.1, 0.15) is 0 Å². The second kappa shape index (κ2) is 6.97. The van der Waals surface area contributed by atoms with Gasteiger partial charge in [0, 0.05) is 54.6 Å². The zero-order valence-electron chi connectivity index (χ0n) is 16.7.